The molecule has 7 heteroatoms. The molecule has 2 aromatic heterocycles. The monoisotopic (exact) mass is 429 g/mol. The second-order valence-corrected chi connectivity index (χ2v) is 8.81. The first-order valence-corrected chi connectivity index (χ1v) is 10.5. The normalized spacial score (nSPS) is 12.5. The number of nitrogens with zero attached hydrogens (tertiary/aromatic N) is 4. The quantitative estimate of drug-likeness (QED) is 0.490. The Hall–Kier alpha value is -3.74. The van der Waals surface area contributed by atoms with Gasteiger partial charge in [-0.3, -0.25) is 4.79 Å². The summed E-state index contributed by atoms with van der Waals surface area (Å²) < 4.78 is 6.88. The van der Waals surface area contributed by atoms with E-state index in [0.717, 1.165) is 27.8 Å². The minimum absolute atomic E-state index is 0.129. The molecule has 0 saturated heterocycles. The van der Waals surface area contributed by atoms with E-state index in [1.54, 1.807) is 30.3 Å². The average Bonchev–Trinajstić information content (AvgIpc) is 3.22. The fourth-order valence-corrected chi connectivity index (χ4v) is 3.41. The van der Waals surface area contributed by atoms with E-state index < -0.39 is 0 Å². The van der Waals surface area contributed by atoms with Crippen molar-refractivity contribution in [3.8, 4) is 11.7 Å². The highest BCUT2D eigenvalue weighted by Gasteiger charge is 2.24. The van der Waals surface area contributed by atoms with Crippen molar-refractivity contribution in [3.05, 3.63) is 72.2 Å². The number of nitrogens with one attached hydrogen (secondary N) is 1. The van der Waals surface area contributed by atoms with Crippen LogP contribution < -0.4 is 10.1 Å². The Bertz CT molecular complexity index is 1260. The Morgan fingerprint density at radius 1 is 1.03 bits per heavy atom. The number of amides is 1. The maximum atomic E-state index is 13.2. The molecule has 32 heavy (non-hydrogen) atoms. The number of fused-ring (bicyclic) bond motifs is 1. The Balaban J connectivity index is 1.63. The number of benzene rings is 2. The van der Waals surface area contributed by atoms with Crippen molar-refractivity contribution < 1.29 is 9.53 Å². The first-order valence-electron chi connectivity index (χ1n) is 10.5. The largest absolute Gasteiger partial charge is 0.497 e. The topological polar surface area (TPSA) is 81.9 Å². The van der Waals surface area contributed by atoms with Gasteiger partial charge in [0.05, 0.1) is 18.7 Å². The van der Waals surface area contributed by atoms with Gasteiger partial charge in [0.1, 0.15) is 11.6 Å². The predicted molar refractivity (Wildman–Crippen MR) is 125 cm³/mol. The molecule has 7 nitrogen and oxygen atoms in total. The fraction of sp³-hybridized carbons (Fsp3) is 0.280. The van der Waals surface area contributed by atoms with Crippen LogP contribution in [0.5, 0.6) is 5.75 Å². The number of rotatable bonds is 5. The highest BCUT2D eigenvalue weighted by atomic mass is 16.5. The average molecular weight is 430 g/mol. The summed E-state index contributed by atoms with van der Waals surface area (Å²) in [6, 6.07) is 15.6. The van der Waals surface area contributed by atoms with Gasteiger partial charge in [-0.2, -0.15) is 9.78 Å². The maximum Gasteiger partial charge on any atom is 0.252 e. The van der Waals surface area contributed by atoms with Crippen LogP contribution >= 0.6 is 0 Å². The molecule has 0 spiro atoms. The van der Waals surface area contributed by atoms with E-state index in [9.17, 15) is 4.79 Å². The Labute approximate surface area is 187 Å². The van der Waals surface area contributed by atoms with Crippen molar-refractivity contribution in [1.82, 2.24) is 19.7 Å². The lowest BCUT2D eigenvalue weighted by molar-refractivity contribution is -0.117. The van der Waals surface area contributed by atoms with E-state index in [2.05, 4.69) is 41.2 Å². The first kappa shape index (κ1) is 21.5. The zero-order valence-electron chi connectivity index (χ0n) is 19.0. The third kappa shape index (κ3) is 4.32. The van der Waals surface area contributed by atoms with Gasteiger partial charge in [0.15, 0.2) is 0 Å². The van der Waals surface area contributed by atoms with Gasteiger partial charge in [-0.15, -0.1) is 0 Å². The summed E-state index contributed by atoms with van der Waals surface area (Å²) in [6.45, 7) is 8.11. The summed E-state index contributed by atoms with van der Waals surface area (Å²) in [5, 5.41) is 9.81. The smallest absolute Gasteiger partial charge is 0.252 e. The van der Waals surface area contributed by atoms with Gasteiger partial charge in [-0.1, -0.05) is 45.0 Å². The lowest BCUT2D eigenvalue weighted by atomic mass is 9.92. The lowest BCUT2D eigenvalue weighted by Gasteiger charge is -2.14. The van der Waals surface area contributed by atoms with E-state index in [4.69, 9.17) is 4.74 Å². The van der Waals surface area contributed by atoms with Gasteiger partial charge in [-0.05, 0) is 41.5 Å². The molecule has 0 aliphatic carbocycles. The van der Waals surface area contributed by atoms with Gasteiger partial charge in [0.2, 0.25) is 5.91 Å². The number of anilines is 1. The van der Waals surface area contributed by atoms with Crippen LogP contribution in [0.1, 0.15) is 44.9 Å². The number of hydrogen-bond donors (Lipinski definition) is 1. The number of carbonyl (C=O) groups is 1. The zero-order chi connectivity index (χ0) is 22.9. The highest BCUT2D eigenvalue weighted by molar-refractivity contribution is 5.96. The molecule has 4 aromatic rings. The second-order valence-electron chi connectivity index (χ2n) is 8.81. The molecule has 0 unspecified atom stereocenters. The summed E-state index contributed by atoms with van der Waals surface area (Å²) in [6.07, 6.45) is 3.30. The van der Waals surface area contributed by atoms with Gasteiger partial charge in [0, 0.05) is 23.9 Å². The molecule has 0 aliphatic heterocycles. The fourth-order valence-electron chi connectivity index (χ4n) is 3.41. The minimum Gasteiger partial charge on any atom is -0.497 e. The molecule has 2 aromatic carbocycles. The molecule has 164 valence electrons. The van der Waals surface area contributed by atoms with E-state index in [-0.39, 0.29) is 17.2 Å². The molecular formula is C25H27N5O2. The van der Waals surface area contributed by atoms with Crippen LogP contribution in [-0.2, 0) is 10.2 Å². The molecular weight excluding hydrogens is 402 g/mol. The van der Waals surface area contributed by atoms with E-state index in [0.29, 0.717) is 11.8 Å². The third-order valence-corrected chi connectivity index (χ3v) is 5.44. The molecule has 2 heterocycles. The number of methoxy groups -OCH3 is 1. The Morgan fingerprint density at radius 3 is 2.41 bits per heavy atom. The van der Waals surface area contributed by atoms with Crippen LogP contribution in [0.4, 0.5) is 5.82 Å². The van der Waals surface area contributed by atoms with Gasteiger partial charge >= 0.3 is 0 Å². The first-order chi connectivity index (χ1) is 15.3. The number of ether oxygens (including phenoxy) is 1. The van der Waals surface area contributed by atoms with Crippen molar-refractivity contribution in [2.24, 2.45) is 0 Å². The predicted octanol–water partition coefficient (Wildman–Crippen LogP) is 4.86. The Morgan fingerprint density at radius 2 is 1.72 bits per heavy atom. The van der Waals surface area contributed by atoms with Crippen LogP contribution in [0, 0.1) is 0 Å². The SMILES string of the molecule is COc1ccc2cc([C@H](C)C(=O)Nc3cc(C(C)(C)C)nn3-c3ncccn3)ccc2c1. The van der Waals surface area contributed by atoms with Gasteiger partial charge in [0.25, 0.3) is 5.95 Å². The molecule has 0 fully saturated rings. The van der Waals surface area contributed by atoms with Crippen molar-refractivity contribution in [3.63, 3.8) is 0 Å². The van der Waals surface area contributed by atoms with E-state index in [1.807, 2.05) is 49.4 Å². The highest BCUT2D eigenvalue weighted by Crippen LogP contribution is 2.28. The maximum absolute atomic E-state index is 13.2. The molecule has 4 rings (SSSR count). The van der Waals surface area contributed by atoms with Gasteiger partial charge < -0.3 is 10.1 Å². The van der Waals surface area contributed by atoms with Gasteiger partial charge in [-0.25, -0.2) is 9.97 Å². The number of hydrogen-bond acceptors (Lipinski definition) is 5. The molecule has 0 bridgehead atoms. The van der Waals surface area contributed by atoms with Crippen molar-refractivity contribution in [1.29, 1.82) is 0 Å². The minimum atomic E-state index is -0.361. The van der Waals surface area contributed by atoms with Crippen LogP contribution in [0.25, 0.3) is 16.7 Å². The Kier molecular flexibility index (Phi) is 5.65. The standard InChI is InChI=1S/C25H27N5O2/c1-16(17-7-8-19-14-20(32-5)10-9-18(19)13-17)23(31)28-22-15-21(25(2,3)4)29-30(22)24-26-11-6-12-27-24/h6-16H,1-5H3,(H,28,31)/t16-/m0/s1. The van der Waals surface area contributed by atoms with E-state index >= 15 is 0 Å². The lowest BCUT2D eigenvalue weighted by Crippen LogP contribution is -2.21. The molecule has 1 N–H and O–H groups in total. The van der Waals surface area contributed by atoms with Crippen LogP contribution in [0.15, 0.2) is 60.9 Å². The molecule has 1 atom stereocenters. The number of aromatic nitrogens is 4. The molecule has 0 radical (unpaired) electrons. The van der Waals surface area contributed by atoms with E-state index in [1.165, 1.54) is 0 Å². The molecule has 0 aliphatic rings. The number of carbonyl (C=O) groups excluding carboxylic acids is 1. The third-order valence-electron chi connectivity index (χ3n) is 5.44. The van der Waals surface area contributed by atoms with Crippen molar-refractivity contribution in [2.45, 2.75) is 39.0 Å². The molecule has 1 amide bonds. The zero-order valence-corrected chi connectivity index (χ0v) is 19.0. The second kappa shape index (κ2) is 8.42. The summed E-state index contributed by atoms with van der Waals surface area (Å²) in [5.41, 5.74) is 1.58. The van der Waals surface area contributed by atoms with Crippen molar-refractivity contribution in [2.75, 3.05) is 12.4 Å². The molecule has 0 saturated carbocycles. The summed E-state index contributed by atoms with van der Waals surface area (Å²) in [4.78, 5) is 21.8. The van der Waals surface area contributed by atoms with Crippen LogP contribution in [0.3, 0.4) is 0 Å². The summed E-state index contributed by atoms with van der Waals surface area (Å²) in [5.74, 6) is 1.27. The van der Waals surface area contributed by atoms with Crippen LogP contribution in [0.2, 0.25) is 0 Å². The summed E-state index contributed by atoms with van der Waals surface area (Å²) in [7, 11) is 1.65. The summed E-state index contributed by atoms with van der Waals surface area (Å²) >= 11 is 0. The van der Waals surface area contributed by atoms with Crippen LogP contribution in [-0.4, -0.2) is 32.8 Å². The van der Waals surface area contributed by atoms with Crippen molar-refractivity contribution >= 4 is 22.5 Å².